The molecule has 0 atom stereocenters. The first-order valence-corrected chi connectivity index (χ1v) is 9.43. The number of nitro groups is 1. The second-order valence-corrected chi connectivity index (χ2v) is 6.93. The quantitative estimate of drug-likeness (QED) is 0.191. The van der Waals surface area contributed by atoms with E-state index in [0.717, 1.165) is 23.2 Å². The number of non-ortho nitro benzene ring substituents is 1. The van der Waals surface area contributed by atoms with Crippen LogP contribution >= 0.6 is 0 Å². The lowest BCUT2D eigenvalue weighted by atomic mass is 10.1. The van der Waals surface area contributed by atoms with Crippen LogP contribution in [0.3, 0.4) is 0 Å². The van der Waals surface area contributed by atoms with Crippen LogP contribution < -0.4 is 33.9 Å². The molecule has 0 unspecified atom stereocenters. The van der Waals surface area contributed by atoms with Gasteiger partial charge in [-0.15, -0.1) is 0 Å². The minimum absolute atomic E-state index is 0. The number of hydrogen-bond acceptors (Lipinski definition) is 2. The Morgan fingerprint density at radius 1 is 0.613 bits per heavy atom. The molecule has 0 N–H and O–H groups in total. The largest absolute Gasteiger partial charge is 1.00 e. The molecular formula is C24H21Cl2N3O2. The summed E-state index contributed by atoms with van der Waals surface area (Å²) in [6, 6.07) is 25.5. The molecule has 0 aliphatic heterocycles. The third-order valence-corrected chi connectivity index (χ3v) is 4.84. The fourth-order valence-electron chi connectivity index (χ4n) is 3.24. The second-order valence-electron chi connectivity index (χ2n) is 6.93. The van der Waals surface area contributed by atoms with Crippen LogP contribution in [0.15, 0.2) is 104 Å². The van der Waals surface area contributed by atoms with Crippen molar-refractivity contribution in [3.05, 3.63) is 125 Å². The number of pyridine rings is 2. The molecule has 0 bridgehead atoms. The van der Waals surface area contributed by atoms with E-state index in [-0.39, 0.29) is 35.4 Å². The van der Waals surface area contributed by atoms with Crippen molar-refractivity contribution in [2.75, 3.05) is 0 Å². The van der Waals surface area contributed by atoms with Crippen LogP contribution in [0.2, 0.25) is 0 Å². The minimum Gasteiger partial charge on any atom is -1.00 e. The Morgan fingerprint density at radius 2 is 1.03 bits per heavy atom. The van der Waals surface area contributed by atoms with Gasteiger partial charge in [-0.25, -0.2) is 9.13 Å². The van der Waals surface area contributed by atoms with Crippen LogP contribution in [0, 0.1) is 10.1 Å². The normalized spacial score (nSPS) is 9.94. The predicted molar refractivity (Wildman–Crippen MR) is 110 cm³/mol. The van der Waals surface area contributed by atoms with Gasteiger partial charge in [-0.1, -0.05) is 30.3 Å². The molecule has 4 rings (SSSR count). The van der Waals surface area contributed by atoms with E-state index in [1.54, 1.807) is 24.3 Å². The Kier molecular flexibility index (Phi) is 8.67. The van der Waals surface area contributed by atoms with Crippen LogP contribution in [0.25, 0.3) is 11.1 Å². The lowest BCUT2D eigenvalue weighted by Crippen LogP contribution is -3.00. The Morgan fingerprint density at radius 3 is 1.45 bits per heavy atom. The predicted octanol–water partition coefficient (Wildman–Crippen LogP) is -2.06. The molecule has 0 spiro atoms. The Balaban J connectivity index is 0.00000171. The highest BCUT2D eigenvalue weighted by Gasteiger charge is 2.09. The van der Waals surface area contributed by atoms with Crippen molar-refractivity contribution in [1.29, 1.82) is 0 Å². The van der Waals surface area contributed by atoms with E-state index < -0.39 is 0 Å². The lowest BCUT2D eigenvalue weighted by Gasteiger charge is -2.02. The van der Waals surface area contributed by atoms with Gasteiger partial charge in [-0.2, -0.15) is 0 Å². The summed E-state index contributed by atoms with van der Waals surface area (Å²) in [4.78, 5) is 10.4. The first kappa shape index (κ1) is 24.0. The monoisotopic (exact) mass is 453 g/mol. The van der Waals surface area contributed by atoms with E-state index in [1.807, 2.05) is 18.5 Å². The van der Waals surface area contributed by atoms with Crippen molar-refractivity contribution in [2.24, 2.45) is 0 Å². The van der Waals surface area contributed by atoms with Gasteiger partial charge in [0.1, 0.15) is 0 Å². The summed E-state index contributed by atoms with van der Waals surface area (Å²) >= 11 is 0. The fourth-order valence-corrected chi connectivity index (χ4v) is 3.24. The van der Waals surface area contributed by atoms with Gasteiger partial charge >= 0.3 is 0 Å². The minimum atomic E-state index is -0.380. The average molecular weight is 454 g/mol. The zero-order chi connectivity index (χ0) is 20.1. The highest BCUT2D eigenvalue weighted by molar-refractivity contribution is 5.60. The summed E-state index contributed by atoms with van der Waals surface area (Å²) in [6.07, 6.45) is 8.25. The molecule has 2 heterocycles. The SMILES string of the molecule is O=[N+]([O-])c1ccc(C[n+]2ccc(-c3cc[n+](Cc4ccccc4)cc3)cc2)cc1.[Cl-].[Cl-]. The number of halogens is 2. The second kappa shape index (κ2) is 11.2. The highest BCUT2D eigenvalue weighted by Crippen LogP contribution is 2.16. The summed E-state index contributed by atoms with van der Waals surface area (Å²) in [5.41, 5.74) is 4.73. The van der Waals surface area contributed by atoms with Crippen LogP contribution in [-0.4, -0.2) is 4.92 Å². The first-order chi connectivity index (χ1) is 14.2. The molecule has 0 radical (unpaired) electrons. The molecule has 2 aromatic carbocycles. The maximum Gasteiger partial charge on any atom is 0.269 e. The van der Waals surface area contributed by atoms with Crippen molar-refractivity contribution < 1.29 is 38.9 Å². The van der Waals surface area contributed by atoms with Gasteiger partial charge < -0.3 is 24.8 Å². The van der Waals surface area contributed by atoms with Crippen molar-refractivity contribution in [3.8, 4) is 11.1 Å². The summed E-state index contributed by atoms with van der Waals surface area (Å²) < 4.78 is 4.22. The van der Waals surface area contributed by atoms with E-state index in [0.29, 0.717) is 6.54 Å². The van der Waals surface area contributed by atoms with E-state index in [4.69, 9.17) is 0 Å². The molecule has 0 fully saturated rings. The first-order valence-electron chi connectivity index (χ1n) is 9.43. The van der Waals surface area contributed by atoms with Crippen molar-refractivity contribution in [3.63, 3.8) is 0 Å². The number of nitrogens with zero attached hydrogens (tertiary/aromatic N) is 3. The molecular weight excluding hydrogens is 433 g/mol. The number of nitro benzene ring substituents is 1. The van der Waals surface area contributed by atoms with Crippen molar-refractivity contribution in [2.45, 2.75) is 13.1 Å². The zero-order valence-electron chi connectivity index (χ0n) is 16.6. The number of hydrogen-bond donors (Lipinski definition) is 0. The highest BCUT2D eigenvalue weighted by atomic mass is 35.5. The molecule has 0 saturated heterocycles. The third kappa shape index (κ3) is 6.35. The maximum atomic E-state index is 10.8. The van der Waals surface area contributed by atoms with Crippen molar-refractivity contribution in [1.82, 2.24) is 0 Å². The van der Waals surface area contributed by atoms with Crippen LogP contribution in [0.1, 0.15) is 11.1 Å². The van der Waals surface area contributed by atoms with Crippen molar-refractivity contribution >= 4 is 5.69 Å². The van der Waals surface area contributed by atoms with Gasteiger partial charge in [0.25, 0.3) is 5.69 Å². The van der Waals surface area contributed by atoms with Gasteiger partial charge in [0, 0.05) is 47.5 Å². The van der Waals surface area contributed by atoms with Gasteiger partial charge in [-0.3, -0.25) is 10.1 Å². The molecule has 0 amide bonds. The van der Waals surface area contributed by atoms with Gasteiger partial charge in [-0.05, 0) is 23.3 Å². The summed E-state index contributed by atoms with van der Waals surface area (Å²) in [5.74, 6) is 0. The van der Waals surface area contributed by atoms with Crippen LogP contribution in [0.5, 0.6) is 0 Å². The van der Waals surface area contributed by atoms with Gasteiger partial charge in [0.15, 0.2) is 37.9 Å². The number of aromatic nitrogens is 2. The Bertz CT molecular complexity index is 1100. The fraction of sp³-hybridized carbons (Fsp3) is 0.0833. The van der Waals surface area contributed by atoms with E-state index >= 15 is 0 Å². The summed E-state index contributed by atoms with van der Waals surface area (Å²) in [6.45, 7) is 1.52. The molecule has 0 aliphatic rings. The Labute approximate surface area is 193 Å². The molecule has 0 saturated carbocycles. The van der Waals surface area contributed by atoms with Crippen LogP contribution in [0.4, 0.5) is 5.69 Å². The molecule has 5 nitrogen and oxygen atoms in total. The third-order valence-electron chi connectivity index (χ3n) is 4.84. The smallest absolute Gasteiger partial charge is 0.269 e. The zero-order valence-corrected chi connectivity index (χ0v) is 18.2. The molecule has 158 valence electrons. The Hall–Kier alpha value is -3.28. The van der Waals surface area contributed by atoms with Crippen LogP contribution in [-0.2, 0) is 13.1 Å². The molecule has 0 aliphatic carbocycles. The molecule has 7 heteroatoms. The number of rotatable bonds is 6. The average Bonchev–Trinajstić information content (AvgIpc) is 2.76. The summed E-state index contributed by atoms with van der Waals surface area (Å²) in [7, 11) is 0. The summed E-state index contributed by atoms with van der Waals surface area (Å²) in [5, 5.41) is 10.8. The topological polar surface area (TPSA) is 50.9 Å². The standard InChI is InChI=1S/C24H21N3O2.2ClH/c28-27(29)24-8-6-21(7-9-24)19-26-16-12-23(13-17-26)22-10-14-25(15-11-22)18-20-4-2-1-3-5-20;;/h1-17H,18-19H2;2*1H/q+2;;/p-2. The van der Waals surface area contributed by atoms with Gasteiger partial charge in [0.05, 0.1) is 4.92 Å². The maximum absolute atomic E-state index is 10.8. The van der Waals surface area contributed by atoms with Gasteiger partial charge in [0.2, 0.25) is 0 Å². The van der Waals surface area contributed by atoms with E-state index in [1.165, 1.54) is 5.56 Å². The van der Waals surface area contributed by atoms with E-state index in [2.05, 4.69) is 70.1 Å². The molecule has 31 heavy (non-hydrogen) atoms. The molecule has 4 aromatic rings. The molecule has 2 aromatic heterocycles. The number of benzene rings is 2. The lowest BCUT2D eigenvalue weighted by molar-refractivity contribution is -0.688. The van der Waals surface area contributed by atoms with E-state index in [9.17, 15) is 10.1 Å².